The molecule has 0 fully saturated rings. The van der Waals surface area contributed by atoms with Gasteiger partial charge in [0.25, 0.3) is 5.69 Å². The van der Waals surface area contributed by atoms with E-state index in [1.165, 1.54) is 6.07 Å². The standard InChI is InChI=1S/C12H18N2O4/c1-17-8-7-13-6-5-10-9-11(14(15)16)3-4-12(10)18-2/h3-4,9,13H,5-8H2,1-2H3. The highest BCUT2D eigenvalue weighted by Gasteiger charge is 2.10. The number of nitro benzene ring substituents is 1. The van der Waals surface area contributed by atoms with Gasteiger partial charge in [0, 0.05) is 31.4 Å². The van der Waals surface area contributed by atoms with Gasteiger partial charge in [-0.2, -0.15) is 0 Å². The van der Waals surface area contributed by atoms with Crippen LogP contribution in [-0.2, 0) is 11.2 Å². The van der Waals surface area contributed by atoms with Gasteiger partial charge >= 0.3 is 0 Å². The van der Waals surface area contributed by atoms with Crippen LogP contribution in [0.15, 0.2) is 18.2 Å². The molecule has 0 aliphatic carbocycles. The van der Waals surface area contributed by atoms with Gasteiger partial charge in [0.2, 0.25) is 0 Å². The van der Waals surface area contributed by atoms with Gasteiger partial charge < -0.3 is 14.8 Å². The Morgan fingerprint density at radius 2 is 2.11 bits per heavy atom. The first-order valence-corrected chi connectivity index (χ1v) is 5.70. The lowest BCUT2D eigenvalue weighted by Crippen LogP contribution is -2.21. The van der Waals surface area contributed by atoms with Gasteiger partial charge in [-0.15, -0.1) is 0 Å². The molecule has 0 atom stereocenters. The fourth-order valence-corrected chi connectivity index (χ4v) is 1.60. The fourth-order valence-electron chi connectivity index (χ4n) is 1.60. The molecule has 0 bridgehead atoms. The van der Waals surface area contributed by atoms with E-state index in [9.17, 15) is 10.1 Å². The van der Waals surface area contributed by atoms with Crippen LogP contribution in [0.4, 0.5) is 5.69 Å². The van der Waals surface area contributed by atoms with Crippen molar-refractivity contribution in [3.05, 3.63) is 33.9 Å². The van der Waals surface area contributed by atoms with Crippen molar-refractivity contribution in [3.63, 3.8) is 0 Å². The van der Waals surface area contributed by atoms with E-state index in [2.05, 4.69) is 5.32 Å². The van der Waals surface area contributed by atoms with Crippen LogP contribution >= 0.6 is 0 Å². The summed E-state index contributed by atoms with van der Waals surface area (Å²) >= 11 is 0. The molecule has 0 unspecified atom stereocenters. The molecular formula is C12H18N2O4. The maximum absolute atomic E-state index is 10.7. The summed E-state index contributed by atoms with van der Waals surface area (Å²) < 4.78 is 10.1. The second-order valence-corrected chi connectivity index (χ2v) is 3.75. The molecule has 0 amide bonds. The third kappa shape index (κ3) is 4.31. The highest BCUT2D eigenvalue weighted by Crippen LogP contribution is 2.24. The van der Waals surface area contributed by atoms with Crippen LogP contribution in [0.3, 0.4) is 0 Å². The Morgan fingerprint density at radius 1 is 1.33 bits per heavy atom. The predicted octanol–water partition coefficient (Wildman–Crippen LogP) is 1.38. The fraction of sp³-hybridized carbons (Fsp3) is 0.500. The molecule has 0 spiro atoms. The molecule has 0 saturated heterocycles. The quantitative estimate of drug-likeness (QED) is 0.431. The van der Waals surface area contributed by atoms with Crippen molar-refractivity contribution in [2.75, 3.05) is 33.9 Å². The summed E-state index contributed by atoms with van der Waals surface area (Å²) in [4.78, 5) is 10.3. The topological polar surface area (TPSA) is 73.6 Å². The molecule has 0 heterocycles. The molecule has 1 N–H and O–H groups in total. The summed E-state index contributed by atoms with van der Waals surface area (Å²) in [5.74, 6) is 0.675. The molecular weight excluding hydrogens is 236 g/mol. The van der Waals surface area contributed by atoms with E-state index in [1.54, 1.807) is 26.4 Å². The van der Waals surface area contributed by atoms with Crippen molar-refractivity contribution < 1.29 is 14.4 Å². The zero-order valence-electron chi connectivity index (χ0n) is 10.6. The summed E-state index contributed by atoms with van der Waals surface area (Å²) in [5.41, 5.74) is 0.916. The SMILES string of the molecule is COCCNCCc1cc([N+](=O)[O-])ccc1OC. The Labute approximate surface area is 106 Å². The molecule has 1 aromatic rings. The molecule has 0 aliphatic heterocycles. The summed E-state index contributed by atoms with van der Waals surface area (Å²) in [7, 11) is 3.20. The van der Waals surface area contributed by atoms with Crippen LogP contribution < -0.4 is 10.1 Å². The maximum atomic E-state index is 10.7. The zero-order chi connectivity index (χ0) is 13.4. The molecule has 6 nitrogen and oxygen atoms in total. The maximum Gasteiger partial charge on any atom is 0.269 e. The van der Waals surface area contributed by atoms with Crippen molar-refractivity contribution >= 4 is 5.69 Å². The Morgan fingerprint density at radius 3 is 2.72 bits per heavy atom. The minimum Gasteiger partial charge on any atom is -0.496 e. The van der Waals surface area contributed by atoms with E-state index in [1.807, 2.05) is 0 Å². The van der Waals surface area contributed by atoms with Crippen molar-refractivity contribution in [3.8, 4) is 5.75 Å². The summed E-state index contributed by atoms with van der Waals surface area (Å²) in [5, 5.41) is 13.9. The van der Waals surface area contributed by atoms with Gasteiger partial charge in [-0.05, 0) is 19.0 Å². The molecule has 0 aromatic heterocycles. The molecule has 100 valence electrons. The Kier molecular flexibility index (Phi) is 6.10. The lowest BCUT2D eigenvalue weighted by Gasteiger charge is -2.09. The number of nitrogens with one attached hydrogen (secondary N) is 1. The van der Waals surface area contributed by atoms with Gasteiger partial charge in [0.1, 0.15) is 5.75 Å². The number of ether oxygens (including phenoxy) is 2. The Bertz CT molecular complexity index is 396. The largest absolute Gasteiger partial charge is 0.496 e. The van der Waals surface area contributed by atoms with Crippen LogP contribution in [0, 0.1) is 10.1 Å². The van der Waals surface area contributed by atoms with Gasteiger partial charge in [-0.3, -0.25) is 10.1 Å². The number of rotatable bonds is 8. The van der Waals surface area contributed by atoms with Gasteiger partial charge in [0.05, 0.1) is 18.6 Å². The van der Waals surface area contributed by atoms with Gasteiger partial charge in [-0.1, -0.05) is 0 Å². The third-order valence-corrected chi connectivity index (χ3v) is 2.53. The first-order chi connectivity index (χ1) is 8.69. The van der Waals surface area contributed by atoms with Gasteiger partial charge in [-0.25, -0.2) is 0 Å². The van der Waals surface area contributed by atoms with Crippen molar-refractivity contribution in [1.82, 2.24) is 5.32 Å². The van der Waals surface area contributed by atoms with Crippen LogP contribution in [-0.4, -0.2) is 38.8 Å². The number of hydrogen-bond donors (Lipinski definition) is 1. The van der Waals surface area contributed by atoms with Crippen LogP contribution in [0.2, 0.25) is 0 Å². The lowest BCUT2D eigenvalue weighted by molar-refractivity contribution is -0.384. The zero-order valence-corrected chi connectivity index (χ0v) is 10.6. The van der Waals surface area contributed by atoms with E-state index in [0.717, 1.165) is 18.7 Å². The summed E-state index contributed by atoms with van der Waals surface area (Å²) in [6.07, 6.45) is 0.675. The van der Waals surface area contributed by atoms with Crippen molar-refractivity contribution in [2.24, 2.45) is 0 Å². The lowest BCUT2D eigenvalue weighted by atomic mass is 10.1. The predicted molar refractivity (Wildman–Crippen MR) is 68.1 cm³/mol. The van der Waals surface area contributed by atoms with Crippen LogP contribution in [0.25, 0.3) is 0 Å². The second kappa shape index (κ2) is 7.62. The molecule has 18 heavy (non-hydrogen) atoms. The van der Waals surface area contributed by atoms with E-state index in [4.69, 9.17) is 9.47 Å². The number of non-ortho nitro benzene ring substituents is 1. The third-order valence-electron chi connectivity index (χ3n) is 2.53. The molecule has 1 aromatic carbocycles. The number of nitro groups is 1. The first-order valence-electron chi connectivity index (χ1n) is 5.70. The summed E-state index contributed by atoms with van der Waals surface area (Å²) in [6.45, 7) is 2.13. The molecule has 0 aliphatic rings. The molecule has 1 rings (SSSR count). The number of methoxy groups -OCH3 is 2. The van der Waals surface area contributed by atoms with E-state index >= 15 is 0 Å². The summed E-state index contributed by atoms with van der Waals surface area (Å²) in [6, 6.07) is 4.63. The van der Waals surface area contributed by atoms with Crippen molar-refractivity contribution in [1.29, 1.82) is 0 Å². The average molecular weight is 254 g/mol. The monoisotopic (exact) mass is 254 g/mol. The second-order valence-electron chi connectivity index (χ2n) is 3.75. The van der Waals surface area contributed by atoms with E-state index < -0.39 is 4.92 Å². The molecule has 0 radical (unpaired) electrons. The molecule has 0 saturated carbocycles. The van der Waals surface area contributed by atoms with E-state index in [0.29, 0.717) is 18.8 Å². The van der Waals surface area contributed by atoms with Crippen molar-refractivity contribution in [2.45, 2.75) is 6.42 Å². The number of benzene rings is 1. The van der Waals surface area contributed by atoms with Gasteiger partial charge in [0.15, 0.2) is 0 Å². The number of hydrogen-bond acceptors (Lipinski definition) is 5. The number of nitrogens with zero attached hydrogens (tertiary/aromatic N) is 1. The van der Waals surface area contributed by atoms with Crippen LogP contribution in [0.5, 0.6) is 5.75 Å². The molecule has 6 heteroatoms. The Hall–Kier alpha value is -1.66. The minimum atomic E-state index is -0.401. The smallest absolute Gasteiger partial charge is 0.269 e. The minimum absolute atomic E-state index is 0.0858. The highest BCUT2D eigenvalue weighted by atomic mass is 16.6. The Balaban J connectivity index is 2.61. The average Bonchev–Trinajstić information content (AvgIpc) is 2.38. The highest BCUT2D eigenvalue weighted by molar-refractivity contribution is 5.43. The normalized spacial score (nSPS) is 10.3. The first kappa shape index (κ1) is 14.4. The van der Waals surface area contributed by atoms with E-state index in [-0.39, 0.29) is 5.69 Å². The van der Waals surface area contributed by atoms with Crippen LogP contribution in [0.1, 0.15) is 5.56 Å².